The van der Waals surface area contributed by atoms with Crippen LogP contribution < -0.4 is 16.4 Å². The highest BCUT2D eigenvalue weighted by molar-refractivity contribution is 4.88. The lowest BCUT2D eigenvalue weighted by molar-refractivity contribution is 0.323. The Bertz CT molecular complexity index is 526. The summed E-state index contributed by atoms with van der Waals surface area (Å²) >= 11 is 0. The van der Waals surface area contributed by atoms with Crippen LogP contribution in [-0.4, -0.2) is 21.7 Å². The summed E-state index contributed by atoms with van der Waals surface area (Å²) in [4.78, 5) is 23.6. The van der Waals surface area contributed by atoms with E-state index in [2.05, 4.69) is 12.2 Å². The topological polar surface area (TPSA) is 56.0 Å². The third-order valence-corrected chi connectivity index (χ3v) is 4.06. The Morgan fingerprint density at radius 3 is 2.58 bits per heavy atom. The molecule has 19 heavy (non-hydrogen) atoms. The van der Waals surface area contributed by atoms with Crippen molar-refractivity contribution >= 4 is 0 Å². The van der Waals surface area contributed by atoms with Gasteiger partial charge >= 0.3 is 11.1 Å². The van der Waals surface area contributed by atoms with E-state index in [9.17, 15) is 9.59 Å². The minimum absolute atomic E-state index is 0.289. The Hall–Kier alpha value is -1.36. The standard InChI is InChI=1S/C14H23N3O2/c1-3-15-12(11-6-4-5-7-11)10-17-9-8-16(2)13(18)14(17)19/h8-9,11-12,15H,3-7,10H2,1-2H3. The molecule has 1 fully saturated rings. The van der Waals surface area contributed by atoms with E-state index in [4.69, 9.17) is 0 Å². The maximum Gasteiger partial charge on any atom is 0.316 e. The fourth-order valence-electron chi connectivity index (χ4n) is 2.95. The molecule has 0 radical (unpaired) electrons. The van der Waals surface area contributed by atoms with Crippen molar-refractivity contribution in [2.75, 3.05) is 6.54 Å². The van der Waals surface area contributed by atoms with Crippen LogP contribution in [0.2, 0.25) is 0 Å². The van der Waals surface area contributed by atoms with Crippen LogP contribution in [0.25, 0.3) is 0 Å². The van der Waals surface area contributed by atoms with Crippen molar-refractivity contribution in [3.63, 3.8) is 0 Å². The predicted molar refractivity (Wildman–Crippen MR) is 75.4 cm³/mol. The molecule has 0 bridgehead atoms. The molecule has 1 N–H and O–H groups in total. The van der Waals surface area contributed by atoms with Crippen LogP contribution in [0.5, 0.6) is 0 Å². The first-order valence-corrected chi connectivity index (χ1v) is 7.13. The number of hydrogen-bond donors (Lipinski definition) is 1. The Morgan fingerprint density at radius 2 is 1.95 bits per heavy atom. The minimum Gasteiger partial charge on any atom is -0.312 e. The molecule has 1 aliphatic carbocycles. The van der Waals surface area contributed by atoms with Gasteiger partial charge in [-0.3, -0.25) is 9.59 Å². The molecular weight excluding hydrogens is 242 g/mol. The van der Waals surface area contributed by atoms with Crippen LogP contribution in [0.15, 0.2) is 22.0 Å². The van der Waals surface area contributed by atoms with E-state index in [1.54, 1.807) is 24.0 Å². The smallest absolute Gasteiger partial charge is 0.312 e. The summed E-state index contributed by atoms with van der Waals surface area (Å²) in [6, 6.07) is 0.289. The van der Waals surface area contributed by atoms with Gasteiger partial charge in [0.2, 0.25) is 0 Å². The zero-order valence-electron chi connectivity index (χ0n) is 11.8. The van der Waals surface area contributed by atoms with Crippen molar-refractivity contribution in [2.24, 2.45) is 13.0 Å². The largest absolute Gasteiger partial charge is 0.316 e. The van der Waals surface area contributed by atoms with E-state index >= 15 is 0 Å². The van der Waals surface area contributed by atoms with E-state index in [0.717, 1.165) is 6.54 Å². The number of hydrogen-bond acceptors (Lipinski definition) is 3. The average molecular weight is 265 g/mol. The van der Waals surface area contributed by atoms with Gasteiger partial charge in [-0.05, 0) is 25.3 Å². The maximum atomic E-state index is 11.9. The number of aromatic nitrogens is 2. The first-order valence-electron chi connectivity index (χ1n) is 7.13. The number of aryl methyl sites for hydroxylation is 1. The fourth-order valence-corrected chi connectivity index (χ4v) is 2.95. The summed E-state index contributed by atoms with van der Waals surface area (Å²) in [5, 5.41) is 3.47. The average Bonchev–Trinajstić information content (AvgIpc) is 2.92. The van der Waals surface area contributed by atoms with Crippen LogP contribution in [0.3, 0.4) is 0 Å². The summed E-state index contributed by atoms with van der Waals surface area (Å²) in [7, 11) is 1.60. The molecule has 1 aromatic rings. The van der Waals surface area contributed by atoms with Crippen LogP contribution in [-0.2, 0) is 13.6 Å². The van der Waals surface area contributed by atoms with E-state index in [1.165, 1.54) is 30.3 Å². The number of likely N-dealkylation sites (N-methyl/N-ethyl adjacent to an activating group) is 1. The quantitative estimate of drug-likeness (QED) is 0.798. The second-order valence-electron chi connectivity index (χ2n) is 5.38. The molecule has 0 saturated heterocycles. The fraction of sp³-hybridized carbons (Fsp3) is 0.714. The van der Waals surface area contributed by atoms with Gasteiger partial charge < -0.3 is 14.5 Å². The first-order chi connectivity index (χ1) is 9.13. The molecule has 1 heterocycles. The minimum atomic E-state index is -0.454. The van der Waals surface area contributed by atoms with Gasteiger partial charge in [0.1, 0.15) is 0 Å². The molecule has 1 unspecified atom stereocenters. The van der Waals surface area contributed by atoms with Gasteiger partial charge in [0, 0.05) is 32.0 Å². The van der Waals surface area contributed by atoms with Crippen LogP contribution >= 0.6 is 0 Å². The van der Waals surface area contributed by atoms with Crippen molar-refractivity contribution in [3.8, 4) is 0 Å². The molecule has 0 aromatic carbocycles. The molecule has 1 aromatic heterocycles. The number of nitrogens with zero attached hydrogens (tertiary/aromatic N) is 2. The molecular formula is C14H23N3O2. The van der Waals surface area contributed by atoms with Gasteiger partial charge in [0.25, 0.3) is 0 Å². The lowest BCUT2D eigenvalue weighted by Gasteiger charge is -2.25. The van der Waals surface area contributed by atoms with Gasteiger partial charge in [-0.2, -0.15) is 0 Å². The van der Waals surface area contributed by atoms with E-state index < -0.39 is 11.1 Å². The van der Waals surface area contributed by atoms with Gasteiger partial charge in [0.15, 0.2) is 0 Å². The molecule has 2 rings (SSSR count). The van der Waals surface area contributed by atoms with Crippen molar-refractivity contribution in [3.05, 3.63) is 33.1 Å². The van der Waals surface area contributed by atoms with Crippen molar-refractivity contribution in [1.29, 1.82) is 0 Å². The third kappa shape index (κ3) is 3.15. The molecule has 5 nitrogen and oxygen atoms in total. The summed E-state index contributed by atoms with van der Waals surface area (Å²) in [6.45, 7) is 3.56. The van der Waals surface area contributed by atoms with Crippen molar-refractivity contribution in [1.82, 2.24) is 14.5 Å². The van der Waals surface area contributed by atoms with Gasteiger partial charge in [-0.15, -0.1) is 0 Å². The molecule has 0 aliphatic heterocycles. The molecule has 0 spiro atoms. The molecule has 1 saturated carbocycles. The Labute approximate surface area is 113 Å². The Balaban J connectivity index is 2.19. The van der Waals surface area contributed by atoms with Crippen LogP contribution in [0.1, 0.15) is 32.6 Å². The maximum absolute atomic E-state index is 11.9. The SMILES string of the molecule is CCNC(Cn1ccn(C)c(=O)c1=O)C1CCCC1. The number of rotatable bonds is 5. The normalized spacial score (nSPS) is 17.8. The summed E-state index contributed by atoms with van der Waals surface area (Å²) in [5.41, 5.74) is -0.880. The predicted octanol–water partition coefficient (Wildman–Crippen LogP) is 0.715. The van der Waals surface area contributed by atoms with E-state index in [1.807, 2.05) is 0 Å². The van der Waals surface area contributed by atoms with Crippen molar-refractivity contribution in [2.45, 2.75) is 45.2 Å². The lowest BCUT2D eigenvalue weighted by Crippen LogP contribution is -2.45. The number of nitrogens with one attached hydrogen (secondary N) is 1. The zero-order valence-corrected chi connectivity index (χ0v) is 11.8. The van der Waals surface area contributed by atoms with Crippen molar-refractivity contribution < 1.29 is 0 Å². The van der Waals surface area contributed by atoms with Crippen LogP contribution in [0.4, 0.5) is 0 Å². The molecule has 1 aliphatic rings. The third-order valence-electron chi connectivity index (χ3n) is 4.06. The lowest BCUT2D eigenvalue weighted by atomic mass is 9.98. The summed E-state index contributed by atoms with van der Waals surface area (Å²) in [6.07, 6.45) is 8.36. The van der Waals surface area contributed by atoms with E-state index in [-0.39, 0.29) is 6.04 Å². The Kier molecular flexibility index (Phi) is 4.58. The van der Waals surface area contributed by atoms with Gasteiger partial charge in [-0.25, -0.2) is 0 Å². The molecule has 1 atom stereocenters. The summed E-state index contributed by atoms with van der Waals surface area (Å²) < 4.78 is 2.88. The van der Waals surface area contributed by atoms with Gasteiger partial charge in [0.05, 0.1) is 0 Å². The molecule has 106 valence electrons. The monoisotopic (exact) mass is 265 g/mol. The summed E-state index contributed by atoms with van der Waals surface area (Å²) in [5.74, 6) is 0.621. The Morgan fingerprint density at radius 1 is 1.26 bits per heavy atom. The van der Waals surface area contributed by atoms with Crippen LogP contribution in [0, 0.1) is 5.92 Å². The second kappa shape index (κ2) is 6.19. The molecule has 5 heteroatoms. The first kappa shape index (κ1) is 14.1. The molecule has 0 amide bonds. The highest BCUT2D eigenvalue weighted by Gasteiger charge is 2.25. The highest BCUT2D eigenvalue weighted by atomic mass is 16.2. The van der Waals surface area contributed by atoms with Gasteiger partial charge in [-0.1, -0.05) is 19.8 Å². The second-order valence-corrected chi connectivity index (χ2v) is 5.38. The van der Waals surface area contributed by atoms with E-state index in [0.29, 0.717) is 12.5 Å². The zero-order chi connectivity index (χ0) is 13.8. The highest BCUT2D eigenvalue weighted by Crippen LogP contribution is 2.28.